The van der Waals surface area contributed by atoms with Crippen LogP contribution in [-0.4, -0.2) is 17.7 Å². The standard InChI is InChI=1S/C11H12BrFO3/c1-2-16-11(15)6-10(14)7-3-8(12)5-9(13)4-7/h3-5,10,14H,2,6H2,1H3. The lowest BCUT2D eigenvalue weighted by molar-refractivity contribution is -0.145. The number of ether oxygens (including phenoxy) is 1. The average molecular weight is 291 g/mol. The Morgan fingerprint density at radius 3 is 2.81 bits per heavy atom. The highest BCUT2D eigenvalue weighted by Crippen LogP contribution is 2.22. The fraction of sp³-hybridized carbons (Fsp3) is 0.364. The van der Waals surface area contributed by atoms with Gasteiger partial charge in [0.1, 0.15) is 5.82 Å². The zero-order chi connectivity index (χ0) is 12.1. The predicted octanol–water partition coefficient (Wildman–Crippen LogP) is 2.57. The summed E-state index contributed by atoms with van der Waals surface area (Å²) in [7, 11) is 0. The number of carbonyl (C=O) groups excluding carboxylic acids is 1. The van der Waals surface area contributed by atoms with E-state index >= 15 is 0 Å². The van der Waals surface area contributed by atoms with Crippen LogP contribution in [0.3, 0.4) is 0 Å². The topological polar surface area (TPSA) is 46.5 Å². The van der Waals surface area contributed by atoms with Crippen LogP contribution in [0, 0.1) is 5.82 Å². The van der Waals surface area contributed by atoms with E-state index in [4.69, 9.17) is 4.74 Å². The molecule has 1 aromatic carbocycles. The minimum Gasteiger partial charge on any atom is -0.466 e. The summed E-state index contributed by atoms with van der Waals surface area (Å²) in [5.41, 5.74) is 0.347. The molecule has 0 spiro atoms. The molecule has 0 saturated carbocycles. The molecule has 0 aliphatic heterocycles. The van der Waals surface area contributed by atoms with Crippen LogP contribution in [0.15, 0.2) is 22.7 Å². The monoisotopic (exact) mass is 290 g/mol. The van der Waals surface area contributed by atoms with Crippen LogP contribution < -0.4 is 0 Å². The third-order valence-electron chi connectivity index (χ3n) is 1.93. The Morgan fingerprint density at radius 1 is 1.56 bits per heavy atom. The lowest BCUT2D eigenvalue weighted by Gasteiger charge is -2.10. The lowest BCUT2D eigenvalue weighted by Crippen LogP contribution is -2.10. The second-order valence-corrected chi connectivity index (χ2v) is 4.14. The number of hydrogen-bond donors (Lipinski definition) is 1. The van der Waals surface area contributed by atoms with Gasteiger partial charge in [-0.05, 0) is 30.7 Å². The molecule has 0 heterocycles. The van der Waals surface area contributed by atoms with Crippen LogP contribution in [0.5, 0.6) is 0 Å². The van der Waals surface area contributed by atoms with Crippen molar-refractivity contribution in [2.75, 3.05) is 6.61 Å². The number of hydrogen-bond acceptors (Lipinski definition) is 3. The fourth-order valence-corrected chi connectivity index (χ4v) is 1.75. The van der Waals surface area contributed by atoms with Crippen molar-refractivity contribution in [3.05, 3.63) is 34.1 Å². The Bertz CT molecular complexity index is 361. The zero-order valence-electron chi connectivity index (χ0n) is 8.74. The van der Waals surface area contributed by atoms with Crippen LogP contribution in [0.25, 0.3) is 0 Å². The molecule has 3 nitrogen and oxygen atoms in total. The molecule has 1 N–H and O–H groups in total. The van der Waals surface area contributed by atoms with Crippen molar-refractivity contribution in [3.8, 4) is 0 Å². The van der Waals surface area contributed by atoms with E-state index in [-0.39, 0.29) is 13.0 Å². The normalized spacial score (nSPS) is 12.2. The van der Waals surface area contributed by atoms with E-state index in [1.54, 1.807) is 13.0 Å². The van der Waals surface area contributed by atoms with Gasteiger partial charge >= 0.3 is 5.97 Å². The van der Waals surface area contributed by atoms with E-state index < -0.39 is 17.9 Å². The highest BCUT2D eigenvalue weighted by atomic mass is 79.9. The quantitative estimate of drug-likeness (QED) is 0.867. The van der Waals surface area contributed by atoms with Gasteiger partial charge in [0.05, 0.1) is 19.1 Å². The van der Waals surface area contributed by atoms with Gasteiger partial charge in [-0.1, -0.05) is 15.9 Å². The summed E-state index contributed by atoms with van der Waals surface area (Å²) < 4.78 is 18.2. The third-order valence-corrected chi connectivity index (χ3v) is 2.39. The first-order valence-electron chi connectivity index (χ1n) is 4.82. The van der Waals surface area contributed by atoms with Crippen LogP contribution in [-0.2, 0) is 9.53 Å². The first-order valence-corrected chi connectivity index (χ1v) is 5.62. The summed E-state index contributed by atoms with van der Waals surface area (Å²) in [5, 5.41) is 9.68. The highest BCUT2D eigenvalue weighted by Gasteiger charge is 2.15. The Labute approximate surface area is 101 Å². The molecule has 0 radical (unpaired) electrons. The van der Waals surface area contributed by atoms with Crippen molar-refractivity contribution in [1.82, 2.24) is 0 Å². The van der Waals surface area contributed by atoms with Crippen molar-refractivity contribution in [3.63, 3.8) is 0 Å². The number of aliphatic hydroxyl groups excluding tert-OH is 1. The van der Waals surface area contributed by atoms with Crippen molar-refractivity contribution >= 4 is 21.9 Å². The molecule has 0 aliphatic carbocycles. The molecule has 0 saturated heterocycles. The second kappa shape index (κ2) is 5.96. The molecule has 1 atom stereocenters. The van der Waals surface area contributed by atoms with Gasteiger partial charge < -0.3 is 9.84 Å². The lowest BCUT2D eigenvalue weighted by atomic mass is 10.1. The predicted molar refractivity (Wildman–Crippen MR) is 60.3 cm³/mol. The second-order valence-electron chi connectivity index (χ2n) is 3.23. The number of esters is 1. The maximum absolute atomic E-state index is 13.0. The number of benzene rings is 1. The number of carbonyl (C=O) groups is 1. The third kappa shape index (κ3) is 3.90. The minimum atomic E-state index is -1.05. The van der Waals surface area contributed by atoms with Gasteiger partial charge in [0.2, 0.25) is 0 Å². The van der Waals surface area contributed by atoms with Crippen LogP contribution in [0.2, 0.25) is 0 Å². The van der Waals surface area contributed by atoms with Crippen LogP contribution in [0.4, 0.5) is 4.39 Å². The molecular formula is C11H12BrFO3. The molecule has 1 aromatic rings. The van der Waals surface area contributed by atoms with Gasteiger partial charge in [0, 0.05) is 4.47 Å². The summed E-state index contributed by atoms with van der Waals surface area (Å²) >= 11 is 3.11. The number of halogens is 2. The number of rotatable bonds is 4. The maximum atomic E-state index is 13.0. The summed E-state index contributed by atoms with van der Waals surface area (Å²) in [6.45, 7) is 1.95. The van der Waals surface area contributed by atoms with Crippen LogP contribution in [0.1, 0.15) is 25.0 Å². The number of aliphatic hydroxyl groups is 1. The largest absolute Gasteiger partial charge is 0.466 e. The van der Waals surface area contributed by atoms with E-state index in [9.17, 15) is 14.3 Å². The zero-order valence-corrected chi connectivity index (χ0v) is 10.3. The molecule has 0 bridgehead atoms. The summed E-state index contributed by atoms with van der Waals surface area (Å²) in [6.07, 6.45) is -1.23. The SMILES string of the molecule is CCOC(=O)CC(O)c1cc(F)cc(Br)c1. The van der Waals surface area contributed by atoms with E-state index in [2.05, 4.69) is 15.9 Å². The molecule has 88 valence electrons. The first-order chi connectivity index (χ1) is 7.52. The molecule has 0 amide bonds. The Balaban J connectivity index is 2.72. The minimum absolute atomic E-state index is 0.177. The molecule has 16 heavy (non-hydrogen) atoms. The van der Waals surface area contributed by atoms with Crippen molar-refractivity contribution < 1.29 is 19.0 Å². The molecule has 1 unspecified atom stereocenters. The highest BCUT2D eigenvalue weighted by molar-refractivity contribution is 9.10. The average Bonchev–Trinajstić information content (AvgIpc) is 2.16. The Morgan fingerprint density at radius 2 is 2.25 bits per heavy atom. The van der Waals surface area contributed by atoms with Gasteiger partial charge in [0.15, 0.2) is 0 Å². The van der Waals surface area contributed by atoms with Crippen LogP contribution >= 0.6 is 15.9 Å². The van der Waals surface area contributed by atoms with Crippen molar-refractivity contribution in [2.45, 2.75) is 19.4 Å². The van der Waals surface area contributed by atoms with Gasteiger partial charge in [-0.25, -0.2) is 4.39 Å². The van der Waals surface area contributed by atoms with Gasteiger partial charge in [-0.2, -0.15) is 0 Å². The molecule has 0 aliphatic rings. The van der Waals surface area contributed by atoms with E-state index in [0.717, 1.165) is 0 Å². The molecular weight excluding hydrogens is 279 g/mol. The molecule has 0 fully saturated rings. The van der Waals surface area contributed by atoms with E-state index in [1.807, 2.05) is 0 Å². The van der Waals surface area contributed by atoms with Crippen molar-refractivity contribution in [1.29, 1.82) is 0 Å². The Hall–Kier alpha value is -0.940. The smallest absolute Gasteiger partial charge is 0.308 e. The van der Waals surface area contributed by atoms with Gasteiger partial charge in [-0.15, -0.1) is 0 Å². The van der Waals surface area contributed by atoms with Crippen molar-refractivity contribution in [2.24, 2.45) is 0 Å². The van der Waals surface area contributed by atoms with Gasteiger partial charge in [0.25, 0.3) is 0 Å². The first kappa shape index (κ1) is 13.1. The summed E-state index contributed by atoms with van der Waals surface area (Å²) in [5.74, 6) is -0.970. The fourth-order valence-electron chi connectivity index (χ4n) is 1.26. The molecule has 5 heteroatoms. The summed E-state index contributed by atoms with van der Waals surface area (Å²) in [6, 6.07) is 4.03. The van der Waals surface area contributed by atoms with E-state index in [0.29, 0.717) is 10.0 Å². The molecule has 1 rings (SSSR count). The van der Waals surface area contributed by atoms with Gasteiger partial charge in [-0.3, -0.25) is 4.79 Å². The van der Waals surface area contributed by atoms with E-state index in [1.165, 1.54) is 12.1 Å². The molecule has 0 aromatic heterocycles. The maximum Gasteiger partial charge on any atom is 0.308 e. The summed E-state index contributed by atoms with van der Waals surface area (Å²) in [4.78, 5) is 11.1. The Kier molecular flexibility index (Phi) is 4.89.